The fraction of sp³-hybridized carbons (Fsp3) is 0. The van der Waals surface area contributed by atoms with Crippen LogP contribution in [0.4, 0.5) is 0 Å². The quantitative estimate of drug-likeness (QED) is 0.229. The molecule has 0 aliphatic heterocycles. The number of fused-ring (bicyclic) bond motifs is 4. The predicted molar refractivity (Wildman–Crippen MR) is 164 cm³/mol. The number of furan rings is 1. The first-order valence-electron chi connectivity index (χ1n) is 13.5. The summed E-state index contributed by atoms with van der Waals surface area (Å²) in [7, 11) is 0. The van der Waals surface area contributed by atoms with Gasteiger partial charge in [0, 0.05) is 33.0 Å². The van der Waals surface area contributed by atoms with Gasteiger partial charge in [-0.25, -0.2) is 19.9 Å². The molecule has 3 aromatic heterocycles. The molecule has 5 heteroatoms. The van der Waals surface area contributed by atoms with Gasteiger partial charge in [0.1, 0.15) is 11.1 Å². The number of hydrogen-bond acceptors (Lipinski definition) is 5. The Balaban J connectivity index is 1.44. The summed E-state index contributed by atoms with van der Waals surface area (Å²) < 4.78 is 6.51. The van der Waals surface area contributed by atoms with E-state index in [1.807, 2.05) is 109 Å². The van der Waals surface area contributed by atoms with Gasteiger partial charge in [0.2, 0.25) is 0 Å². The van der Waals surface area contributed by atoms with Crippen LogP contribution in [0.1, 0.15) is 0 Å². The number of nitrogens with zero attached hydrogens (tertiary/aromatic N) is 4. The fourth-order valence-electron chi connectivity index (χ4n) is 5.43. The summed E-state index contributed by atoms with van der Waals surface area (Å²) in [4.78, 5) is 19.9. The molecule has 41 heavy (non-hydrogen) atoms. The molecule has 8 rings (SSSR count). The van der Waals surface area contributed by atoms with Gasteiger partial charge in [0.25, 0.3) is 0 Å². The van der Waals surface area contributed by atoms with Crippen LogP contribution < -0.4 is 0 Å². The maximum absolute atomic E-state index is 6.51. The maximum Gasteiger partial charge on any atom is 0.164 e. The Morgan fingerprint density at radius 1 is 0.415 bits per heavy atom. The minimum Gasteiger partial charge on any atom is -0.454 e. The van der Waals surface area contributed by atoms with Crippen LogP contribution >= 0.6 is 0 Å². The SMILES string of the molecule is c1ccc(-c2nc(-c3ccccc3)nc(-c3ccccc3-c3c4ccccc4nc4c3oc3ccccc34)n2)cc1. The second kappa shape index (κ2) is 9.50. The minimum absolute atomic E-state index is 0.596. The van der Waals surface area contributed by atoms with Crippen LogP contribution in [0.5, 0.6) is 0 Å². The van der Waals surface area contributed by atoms with E-state index in [2.05, 4.69) is 24.3 Å². The normalized spacial score (nSPS) is 11.4. The summed E-state index contributed by atoms with van der Waals surface area (Å²) in [6, 6.07) is 44.5. The third-order valence-corrected chi connectivity index (χ3v) is 7.34. The zero-order chi connectivity index (χ0) is 27.2. The van der Waals surface area contributed by atoms with Crippen molar-refractivity contribution in [2.75, 3.05) is 0 Å². The van der Waals surface area contributed by atoms with Crippen molar-refractivity contribution in [1.29, 1.82) is 0 Å². The molecule has 0 spiro atoms. The van der Waals surface area contributed by atoms with E-state index < -0.39 is 0 Å². The number of pyridine rings is 1. The molecule has 0 unspecified atom stereocenters. The number of aromatic nitrogens is 4. The minimum atomic E-state index is 0.596. The van der Waals surface area contributed by atoms with Gasteiger partial charge in [-0.15, -0.1) is 0 Å². The first kappa shape index (κ1) is 23.2. The second-order valence-electron chi connectivity index (χ2n) is 9.86. The fourth-order valence-corrected chi connectivity index (χ4v) is 5.43. The summed E-state index contributed by atoms with van der Waals surface area (Å²) in [5.41, 5.74) is 8.00. The zero-order valence-electron chi connectivity index (χ0n) is 21.9. The Bertz CT molecular complexity index is 2150. The number of para-hydroxylation sites is 2. The van der Waals surface area contributed by atoms with E-state index >= 15 is 0 Å². The van der Waals surface area contributed by atoms with Crippen molar-refractivity contribution in [3.63, 3.8) is 0 Å². The lowest BCUT2D eigenvalue weighted by Gasteiger charge is -2.14. The van der Waals surface area contributed by atoms with E-state index in [0.29, 0.717) is 17.5 Å². The first-order chi connectivity index (χ1) is 20.3. The lowest BCUT2D eigenvalue weighted by molar-refractivity contribution is 0.670. The van der Waals surface area contributed by atoms with Crippen LogP contribution in [-0.4, -0.2) is 19.9 Å². The van der Waals surface area contributed by atoms with E-state index in [4.69, 9.17) is 24.4 Å². The van der Waals surface area contributed by atoms with Crippen molar-refractivity contribution < 1.29 is 4.42 Å². The molecule has 0 fully saturated rings. The Morgan fingerprint density at radius 3 is 1.66 bits per heavy atom. The molecule has 3 heterocycles. The third-order valence-electron chi connectivity index (χ3n) is 7.34. The van der Waals surface area contributed by atoms with Crippen molar-refractivity contribution in [2.24, 2.45) is 0 Å². The molecule has 5 nitrogen and oxygen atoms in total. The van der Waals surface area contributed by atoms with Crippen molar-refractivity contribution in [3.8, 4) is 45.3 Å². The lowest BCUT2D eigenvalue weighted by Crippen LogP contribution is -2.01. The van der Waals surface area contributed by atoms with Crippen LogP contribution in [0.15, 0.2) is 138 Å². The first-order valence-corrected chi connectivity index (χ1v) is 13.5. The molecule has 0 radical (unpaired) electrons. The Morgan fingerprint density at radius 2 is 0.951 bits per heavy atom. The van der Waals surface area contributed by atoms with Crippen LogP contribution in [0.3, 0.4) is 0 Å². The van der Waals surface area contributed by atoms with Crippen LogP contribution in [0.2, 0.25) is 0 Å². The summed E-state index contributed by atoms with van der Waals surface area (Å²) in [5.74, 6) is 1.84. The average Bonchev–Trinajstić information content (AvgIpc) is 3.42. The third kappa shape index (κ3) is 3.95. The highest BCUT2D eigenvalue weighted by molar-refractivity contribution is 6.16. The van der Waals surface area contributed by atoms with Crippen molar-refractivity contribution in [1.82, 2.24) is 19.9 Å². The molecule has 5 aromatic carbocycles. The van der Waals surface area contributed by atoms with E-state index in [9.17, 15) is 0 Å². The Kier molecular flexibility index (Phi) is 5.38. The summed E-state index contributed by atoms with van der Waals surface area (Å²) in [5, 5.41) is 2.00. The van der Waals surface area contributed by atoms with Crippen molar-refractivity contribution >= 4 is 33.0 Å². The molecular weight excluding hydrogens is 504 g/mol. The highest BCUT2D eigenvalue weighted by Crippen LogP contribution is 2.42. The van der Waals surface area contributed by atoms with E-state index in [1.54, 1.807) is 0 Å². The van der Waals surface area contributed by atoms with Crippen LogP contribution in [0.25, 0.3) is 78.3 Å². The molecule has 8 aromatic rings. The van der Waals surface area contributed by atoms with E-state index in [1.165, 1.54) is 0 Å². The summed E-state index contributed by atoms with van der Waals surface area (Å²) in [6.07, 6.45) is 0. The van der Waals surface area contributed by atoms with Gasteiger partial charge >= 0.3 is 0 Å². The number of benzene rings is 5. The number of rotatable bonds is 4. The molecule has 0 aliphatic rings. The highest BCUT2D eigenvalue weighted by atomic mass is 16.3. The standard InChI is InChI=1S/C36H22N4O/c1-3-13-23(14-4-1)34-38-35(24-15-5-2-6-16-24)40-36(39-34)26-18-8-7-17-25(26)31-27-19-9-11-21-29(27)37-32-28-20-10-12-22-30(28)41-33(31)32/h1-22H. The van der Waals surface area contributed by atoms with Gasteiger partial charge in [-0.05, 0) is 23.8 Å². The molecule has 0 saturated heterocycles. The molecule has 0 saturated carbocycles. The van der Waals surface area contributed by atoms with Gasteiger partial charge < -0.3 is 4.42 Å². The van der Waals surface area contributed by atoms with Gasteiger partial charge in [0.05, 0.1) is 5.52 Å². The van der Waals surface area contributed by atoms with Gasteiger partial charge in [0.15, 0.2) is 23.1 Å². The second-order valence-corrected chi connectivity index (χ2v) is 9.86. The Labute approximate surface area is 235 Å². The zero-order valence-corrected chi connectivity index (χ0v) is 21.9. The largest absolute Gasteiger partial charge is 0.454 e. The van der Waals surface area contributed by atoms with E-state index in [-0.39, 0.29) is 0 Å². The molecule has 0 bridgehead atoms. The molecular formula is C36H22N4O. The molecule has 0 N–H and O–H groups in total. The maximum atomic E-state index is 6.51. The van der Waals surface area contributed by atoms with Gasteiger partial charge in [-0.2, -0.15) is 0 Å². The smallest absolute Gasteiger partial charge is 0.164 e. The van der Waals surface area contributed by atoms with Gasteiger partial charge in [-0.3, -0.25) is 0 Å². The summed E-state index contributed by atoms with van der Waals surface area (Å²) in [6.45, 7) is 0. The molecule has 192 valence electrons. The molecule has 0 amide bonds. The number of hydrogen-bond donors (Lipinski definition) is 0. The van der Waals surface area contributed by atoms with Crippen molar-refractivity contribution in [3.05, 3.63) is 133 Å². The lowest BCUT2D eigenvalue weighted by atomic mass is 9.95. The van der Waals surface area contributed by atoms with Gasteiger partial charge in [-0.1, -0.05) is 115 Å². The molecule has 0 aliphatic carbocycles. The Hall–Kier alpha value is -5.68. The van der Waals surface area contributed by atoms with Crippen LogP contribution in [-0.2, 0) is 0 Å². The highest BCUT2D eigenvalue weighted by Gasteiger charge is 2.22. The molecule has 0 atom stereocenters. The van der Waals surface area contributed by atoms with Crippen molar-refractivity contribution in [2.45, 2.75) is 0 Å². The van der Waals surface area contributed by atoms with E-state index in [0.717, 1.165) is 60.8 Å². The average molecular weight is 527 g/mol. The topological polar surface area (TPSA) is 64.7 Å². The predicted octanol–water partition coefficient (Wildman–Crippen LogP) is 8.99. The monoisotopic (exact) mass is 526 g/mol. The summed E-state index contributed by atoms with van der Waals surface area (Å²) >= 11 is 0. The van der Waals surface area contributed by atoms with Crippen LogP contribution in [0, 0.1) is 0 Å².